The Kier molecular flexibility index (Phi) is 6.71. The van der Waals surface area contributed by atoms with Crippen molar-refractivity contribution in [1.29, 1.82) is 0 Å². The predicted molar refractivity (Wildman–Crippen MR) is 135 cm³/mol. The molecule has 1 amide bonds. The quantitative estimate of drug-likeness (QED) is 0.465. The van der Waals surface area contributed by atoms with Gasteiger partial charge in [0.1, 0.15) is 13.2 Å². The average molecular weight is 534 g/mol. The van der Waals surface area contributed by atoms with E-state index < -0.39 is 10.0 Å². The van der Waals surface area contributed by atoms with Crippen molar-refractivity contribution < 1.29 is 22.7 Å². The molecule has 0 spiro atoms. The number of rotatable bonds is 5. The monoisotopic (exact) mass is 533 g/mol. The molecule has 0 unspecified atom stereocenters. The van der Waals surface area contributed by atoms with Gasteiger partial charge in [0.05, 0.1) is 15.1 Å². The Morgan fingerprint density at radius 2 is 1.80 bits per heavy atom. The molecule has 2 aliphatic rings. The van der Waals surface area contributed by atoms with Crippen LogP contribution in [-0.2, 0) is 21.4 Å². The predicted octanol–water partition coefficient (Wildman–Crippen LogP) is 3.84. The molecule has 0 bridgehead atoms. The highest BCUT2D eigenvalue weighted by atomic mass is 35.5. The number of allylic oxidation sites excluding steroid dienone is 1. The molecule has 0 N–H and O–H groups in total. The summed E-state index contributed by atoms with van der Waals surface area (Å²) in [6.45, 7) is 5.84. The van der Waals surface area contributed by atoms with Crippen LogP contribution in [0.15, 0.2) is 58.9 Å². The van der Waals surface area contributed by atoms with Crippen molar-refractivity contribution in [1.82, 2.24) is 8.87 Å². The summed E-state index contributed by atoms with van der Waals surface area (Å²) in [6.07, 6.45) is 2.58. The van der Waals surface area contributed by atoms with Crippen LogP contribution in [0, 0.1) is 5.92 Å². The second-order valence-corrected chi connectivity index (χ2v) is 11.7. The molecule has 35 heavy (non-hydrogen) atoms. The molecule has 8 nitrogen and oxygen atoms in total. The molecule has 5 rings (SSSR count). The Bertz CT molecular complexity index is 1450. The van der Waals surface area contributed by atoms with Gasteiger partial charge < -0.3 is 14.0 Å². The Morgan fingerprint density at radius 1 is 1.14 bits per heavy atom. The highest BCUT2D eigenvalue weighted by Crippen LogP contribution is 2.35. The number of ether oxygens (including phenoxy) is 2. The Balaban J connectivity index is 1.37. The van der Waals surface area contributed by atoms with Crippen LogP contribution < -0.4 is 14.3 Å². The third-order valence-electron chi connectivity index (χ3n) is 6.12. The number of aromatic nitrogens is 1. The number of thiazole rings is 1. The maximum absolute atomic E-state index is 13.1. The van der Waals surface area contributed by atoms with Crippen molar-refractivity contribution in [3.63, 3.8) is 0 Å². The summed E-state index contributed by atoms with van der Waals surface area (Å²) in [7, 11) is -3.63. The van der Waals surface area contributed by atoms with Gasteiger partial charge >= 0.3 is 0 Å². The highest BCUT2D eigenvalue weighted by molar-refractivity contribution is 7.89. The summed E-state index contributed by atoms with van der Waals surface area (Å²) in [5.74, 6) is 0.776. The number of piperidine rings is 1. The van der Waals surface area contributed by atoms with E-state index in [1.807, 2.05) is 16.7 Å². The zero-order valence-corrected chi connectivity index (χ0v) is 21.2. The van der Waals surface area contributed by atoms with E-state index in [0.29, 0.717) is 53.9 Å². The van der Waals surface area contributed by atoms with Gasteiger partial charge in [0.2, 0.25) is 10.0 Å². The fraction of sp³-hybridized carbons (Fsp3) is 0.333. The minimum atomic E-state index is -3.63. The minimum Gasteiger partial charge on any atom is -0.486 e. The Morgan fingerprint density at radius 3 is 2.46 bits per heavy atom. The van der Waals surface area contributed by atoms with Crippen molar-refractivity contribution in [3.8, 4) is 11.5 Å². The topological polar surface area (TPSA) is 90.2 Å². The van der Waals surface area contributed by atoms with Gasteiger partial charge in [-0.1, -0.05) is 29.0 Å². The summed E-state index contributed by atoms with van der Waals surface area (Å²) in [6, 6.07) is 9.94. The lowest BCUT2D eigenvalue weighted by atomic mass is 9.98. The van der Waals surface area contributed by atoms with E-state index in [4.69, 9.17) is 21.1 Å². The molecule has 3 aromatic rings. The largest absolute Gasteiger partial charge is 0.486 e. The minimum absolute atomic E-state index is 0.197. The van der Waals surface area contributed by atoms with Gasteiger partial charge in [-0.25, -0.2) is 8.42 Å². The zero-order valence-electron chi connectivity index (χ0n) is 18.9. The van der Waals surface area contributed by atoms with E-state index in [1.54, 1.807) is 18.2 Å². The summed E-state index contributed by atoms with van der Waals surface area (Å²) >= 11 is 7.29. The third-order valence-corrected chi connectivity index (χ3v) is 9.32. The normalized spacial score (nSPS) is 17.6. The van der Waals surface area contributed by atoms with Crippen molar-refractivity contribution in [3.05, 3.63) is 58.9 Å². The molecular weight excluding hydrogens is 510 g/mol. The van der Waals surface area contributed by atoms with Crippen molar-refractivity contribution >= 4 is 49.1 Å². The molecule has 2 aliphatic heterocycles. The third kappa shape index (κ3) is 4.75. The molecule has 1 saturated heterocycles. The maximum Gasteiger partial charge on any atom is 0.251 e. The van der Waals surface area contributed by atoms with Crippen molar-refractivity contribution in [2.45, 2.75) is 24.3 Å². The number of amides is 1. The summed E-state index contributed by atoms with van der Waals surface area (Å²) in [4.78, 5) is 18.3. The van der Waals surface area contributed by atoms with Crippen LogP contribution in [0.4, 0.5) is 0 Å². The number of nitrogens with zero attached hydrogens (tertiary/aromatic N) is 3. The lowest BCUT2D eigenvalue weighted by molar-refractivity contribution is -0.122. The van der Waals surface area contributed by atoms with Gasteiger partial charge in [-0.2, -0.15) is 9.30 Å². The smallest absolute Gasteiger partial charge is 0.251 e. The first kappa shape index (κ1) is 24.1. The fourth-order valence-electron chi connectivity index (χ4n) is 4.28. The number of fused-ring (bicyclic) bond motifs is 2. The Hall–Kier alpha value is -2.66. The van der Waals surface area contributed by atoms with Crippen LogP contribution in [0.3, 0.4) is 0 Å². The first-order chi connectivity index (χ1) is 16.9. The van der Waals surface area contributed by atoms with Gasteiger partial charge in [-0.3, -0.25) is 4.79 Å². The first-order valence-corrected chi connectivity index (χ1v) is 13.9. The lowest BCUT2D eigenvalue weighted by Crippen LogP contribution is -2.40. The van der Waals surface area contributed by atoms with Gasteiger partial charge in [0, 0.05) is 42.7 Å². The van der Waals surface area contributed by atoms with Crippen LogP contribution in [0.2, 0.25) is 5.02 Å². The van der Waals surface area contributed by atoms with Gasteiger partial charge in [0.25, 0.3) is 5.91 Å². The van der Waals surface area contributed by atoms with E-state index in [2.05, 4.69) is 11.6 Å². The molecule has 0 aliphatic carbocycles. The molecule has 2 aromatic carbocycles. The van der Waals surface area contributed by atoms with E-state index in [9.17, 15) is 13.2 Å². The number of carbonyl (C=O) groups excluding carboxylic acids is 1. The van der Waals surface area contributed by atoms with Gasteiger partial charge in [-0.15, -0.1) is 6.58 Å². The molecule has 11 heteroatoms. The Labute approximate surface area is 212 Å². The van der Waals surface area contributed by atoms with Crippen LogP contribution in [0.25, 0.3) is 10.2 Å². The molecule has 1 fully saturated rings. The SMILES string of the molecule is C=CCn1c(=NC(=O)C2CCN(S(=O)(=O)c3ccc(Cl)cc3)CC2)sc2cc3c(cc21)OCCO3. The standard InChI is InChI=1S/C24H24ClN3O5S2/c1-2-9-28-19-14-20-21(33-13-12-32-20)15-22(19)34-24(28)26-23(29)16-7-10-27(11-8-16)35(30,31)18-5-3-17(25)4-6-18/h2-6,14-16H,1,7-13H2. The van der Waals surface area contributed by atoms with E-state index >= 15 is 0 Å². The molecule has 0 radical (unpaired) electrons. The first-order valence-electron chi connectivity index (χ1n) is 11.2. The molecule has 184 valence electrons. The number of hydrogen-bond acceptors (Lipinski definition) is 6. The summed E-state index contributed by atoms with van der Waals surface area (Å²) in [5.41, 5.74) is 0.898. The lowest BCUT2D eigenvalue weighted by Gasteiger charge is -2.29. The van der Waals surface area contributed by atoms with E-state index in [0.717, 1.165) is 10.2 Å². The maximum atomic E-state index is 13.1. The van der Waals surface area contributed by atoms with Gasteiger partial charge in [-0.05, 0) is 37.1 Å². The number of halogens is 1. The van der Waals surface area contributed by atoms with Crippen molar-refractivity contribution in [2.24, 2.45) is 10.9 Å². The summed E-state index contributed by atoms with van der Waals surface area (Å²) in [5, 5.41) is 0.477. The number of carbonyl (C=O) groups is 1. The number of sulfonamides is 1. The van der Waals surface area contributed by atoms with Gasteiger partial charge in [0.15, 0.2) is 16.3 Å². The molecule has 3 heterocycles. The second-order valence-electron chi connectivity index (χ2n) is 8.33. The van der Waals surface area contributed by atoms with Crippen LogP contribution >= 0.6 is 22.9 Å². The van der Waals surface area contributed by atoms with E-state index in [1.165, 1.54) is 27.8 Å². The fourth-order valence-corrected chi connectivity index (χ4v) is 6.93. The van der Waals surface area contributed by atoms with Crippen molar-refractivity contribution in [2.75, 3.05) is 26.3 Å². The summed E-state index contributed by atoms with van der Waals surface area (Å²) < 4.78 is 41.6. The number of hydrogen-bond donors (Lipinski definition) is 0. The van der Waals surface area contributed by atoms with Crippen LogP contribution in [0.1, 0.15) is 12.8 Å². The number of benzene rings is 2. The van der Waals surface area contributed by atoms with Crippen LogP contribution in [0.5, 0.6) is 11.5 Å². The average Bonchev–Trinajstić information content (AvgIpc) is 3.18. The highest BCUT2D eigenvalue weighted by Gasteiger charge is 2.32. The second kappa shape index (κ2) is 9.77. The molecule has 1 aromatic heterocycles. The molecular formula is C24H24ClN3O5S2. The molecule has 0 saturated carbocycles. The zero-order chi connectivity index (χ0) is 24.6. The van der Waals surface area contributed by atoms with Crippen LogP contribution in [-0.4, -0.2) is 49.5 Å². The molecule has 0 atom stereocenters. The van der Waals surface area contributed by atoms with E-state index in [-0.39, 0.29) is 29.8 Å².